The van der Waals surface area contributed by atoms with Crippen LogP contribution in [0.3, 0.4) is 0 Å². The third kappa shape index (κ3) is 3.23. The first-order valence-electron chi connectivity index (χ1n) is 5.07. The predicted octanol–water partition coefficient (Wildman–Crippen LogP) is 1.44. The molecule has 1 heterocycles. The van der Waals surface area contributed by atoms with Crippen LogP contribution in [0.15, 0.2) is 17.5 Å². The lowest BCUT2D eigenvalue weighted by Gasteiger charge is -2.19. The summed E-state index contributed by atoms with van der Waals surface area (Å²) in [5.74, 6) is -0.296. The molecule has 0 aliphatic rings. The van der Waals surface area contributed by atoms with Crippen LogP contribution in [0.1, 0.15) is 23.5 Å². The Hall–Kier alpha value is -1.56. The summed E-state index contributed by atoms with van der Waals surface area (Å²) in [6.07, 6.45) is 0. The Balaban J connectivity index is 2.40. The van der Waals surface area contributed by atoms with E-state index in [1.54, 1.807) is 22.4 Å². The van der Waals surface area contributed by atoms with Crippen molar-refractivity contribution >= 4 is 23.3 Å². The fourth-order valence-corrected chi connectivity index (χ4v) is 1.79. The second-order valence-electron chi connectivity index (χ2n) is 3.03. The van der Waals surface area contributed by atoms with Gasteiger partial charge in [0.25, 0.3) is 5.91 Å². The summed E-state index contributed by atoms with van der Waals surface area (Å²) in [6.45, 7) is 4.97. The van der Waals surface area contributed by atoms with Crippen molar-refractivity contribution in [3.63, 3.8) is 0 Å². The van der Waals surface area contributed by atoms with Crippen LogP contribution in [0.25, 0.3) is 0 Å². The zero-order chi connectivity index (χ0) is 12.0. The fraction of sp³-hybridized carbons (Fsp3) is 0.400. The molecule has 6 heteroatoms. The van der Waals surface area contributed by atoms with E-state index in [2.05, 4.69) is 10.9 Å². The van der Waals surface area contributed by atoms with Crippen LogP contribution in [0.4, 0.5) is 4.79 Å². The lowest BCUT2D eigenvalue weighted by atomic mass is 10.4. The van der Waals surface area contributed by atoms with Crippen LogP contribution < -0.4 is 10.9 Å². The van der Waals surface area contributed by atoms with Gasteiger partial charge in [-0.3, -0.25) is 10.2 Å². The molecule has 2 N–H and O–H groups in total. The summed E-state index contributed by atoms with van der Waals surface area (Å²) in [5, 5.41) is 1.81. The number of nitrogens with zero attached hydrogens (tertiary/aromatic N) is 1. The molecule has 0 unspecified atom stereocenters. The number of rotatable bonds is 3. The number of carbonyl (C=O) groups excluding carboxylic acids is 2. The molecule has 0 aromatic carbocycles. The van der Waals surface area contributed by atoms with E-state index in [9.17, 15) is 9.59 Å². The van der Waals surface area contributed by atoms with Gasteiger partial charge in [-0.2, -0.15) is 0 Å². The highest BCUT2D eigenvalue weighted by Crippen LogP contribution is 2.06. The topological polar surface area (TPSA) is 61.4 Å². The Morgan fingerprint density at radius 1 is 1.31 bits per heavy atom. The predicted molar refractivity (Wildman–Crippen MR) is 63.2 cm³/mol. The fourth-order valence-electron chi connectivity index (χ4n) is 1.17. The quantitative estimate of drug-likeness (QED) is 0.787. The van der Waals surface area contributed by atoms with Gasteiger partial charge in [-0.15, -0.1) is 11.3 Å². The maximum absolute atomic E-state index is 11.5. The molecule has 88 valence electrons. The van der Waals surface area contributed by atoms with E-state index in [1.807, 2.05) is 13.8 Å². The molecule has 16 heavy (non-hydrogen) atoms. The SMILES string of the molecule is CCN(CC)C(=O)NNC(=O)c1cccs1. The number of urea groups is 1. The molecule has 1 aromatic heterocycles. The molecule has 0 saturated heterocycles. The highest BCUT2D eigenvalue weighted by Gasteiger charge is 2.11. The van der Waals surface area contributed by atoms with Crippen molar-refractivity contribution in [2.45, 2.75) is 13.8 Å². The molecule has 1 aromatic rings. The normalized spacial score (nSPS) is 9.62. The van der Waals surface area contributed by atoms with E-state index in [1.165, 1.54) is 11.3 Å². The molecule has 0 saturated carbocycles. The van der Waals surface area contributed by atoms with Gasteiger partial charge < -0.3 is 4.90 Å². The van der Waals surface area contributed by atoms with Gasteiger partial charge in [0.2, 0.25) is 0 Å². The van der Waals surface area contributed by atoms with E-state index >= 15 is 0 Å². The average Bonchev–Trinajstić information content (AvgIpc) is 2.81. The number of carbonyl (C=O) groups is 2. The summed E-state index contributed by atoms with van der Waals surface area (Å²) in [7, 11) is 0. The molecule has 3 amide bonds. The zero-order valence-electron chi connectivity index (χ0n) is 9.32. The molecule has 0 fully saturated rings. The standard InChI is InChI=1S/C10H15N3O2S/c1-3-13(4-2)10(15)12-11-9(14)8-6-5-7-16-8/h5-7H,3-4H2,1-2H3,(H,11,14)(H,12,15). The molecule has 5 nitrogen and oxygen atoms in total. The summed E-state index contributed by atoms with van der Waals surface area (Å²) in [6, 6.07) is 3.19. The van der Waals surface area contributed by atoms with Gasteiger partial charge in [-0.25, -0.2) is 10.2 Å². The van der Waals surface area contributed by atoms with Crippen molar-refractivity contribution < 1.29 is 9.59 Å². The third-order valence-electron chi connectivity index (χ3n) is 2.08. The molecule has 0 bridgehead atoms. The third-order valence-corrected chi connectivity index (χ3v) is 2.95. The van der Waals surface area contributed by atoms with E-state index in [-0.39, 0.29) is 11.9 Å². The van der Waals surface area contributed by atoms with E-state index in [0.29, 0.717) is 18.0 Å². The Bertz CT molecular complexity index is 347. The molecular formula is C10H15N3O2S. The first kappa shape index (κ1) is 12.5. The molecule has 0 spiro atoms. The van der Waals surface area contributed by atoms with E-state index < -0.39 is 0 Å². The molecular weight excluding hydrogens is 226 g/mol. The van der Waals surface area contributed by atoms with E-state index in [4.69, 9.17) is 0 Å². The van der Waals surface area contributed by atoms with Gasteiger partial charge in [0.15, 0.2) is 0 Å². The minimum Gasteiger partial charge on any atom is -0.324 e. The van der Waals surface area contributed by atoms with Crippen LogP contribution >= 0.6 is 11.3 Å². The highest BCUT2D eigenvalue weighted by molar-refractivity contribution is 7.12. The summed E-state index contributed by atoms with van der Waals surface area (Å²) in [5.41, 5.74) is 4.73. The second-order valence-corrected chi connectivity index (χ2v) is 3.98. The van der Waals surface area contributed by atoms with Crippen molar-refractivity contribution in [1.82, 2.24) is 15.8 Å². The van der Waals surface area contributed by atoms with Gasteiger partial charge in [-0.1, -0.05) is 6.07 Å². The Morgan fingerprint density at radius 2 is 2.00 bits per heavy atom. The number of hydrazine groups is 1. The minimum absolute atomic E-state index is 0.296. The van der Waals surface area contributed by atoms with Crippen LogP contribution in [0.5, 0.6) is 0 Å². The molecule has 0 radical (unpaired) electrons. The van der Waals surface area contributed by atoms with Crippen LogP contribution in [-0.2, 0) is 0 Å². The number of hydrogen-bond acceptors (Lipinski definition) is 3. The van der Waals surface area contributed by atoms with Gasteiger partial charge in [-0.05, 0) is 25.3 Å². The second kappa shape index (κ2) is 6.12. The average molecular weight is 241 g/mol. The largest absolute Gasteiger partial charge is 0.336 e. The lowest BCUT2D eigenvalue weighted by Crippen LogP contribution is -2.48. The maximum Gasteiger partial charge on any atom is 0.336 e. The monoisotopic (exact) mass is 241 g/mol. The summed E-state index contributed by atoms with van der Waals surface area (Å²) >= 11 is 1.33. The molecule has 1 rings (SSSR count). The Labute approximate surface area is 98.4 Å². The maximum atomic E-state index is 11.5. The van der Waals surface area contributed by atoms with Crippen LogP contribution in [0, 0.1) is 0 Å². The summed E-state index contributed by atoms with van der Waals surface area (Å²) in [4.78, 5) is 25.1. The number of thiophene rings is 1. The van der Waals surface area contributed by atoms with Gasteiger partial charge >= 0.3 is 6.03 Å². The number of nitrogens with one attached hydrogen (secondary N) is 2. The van der Waals surface area contributed by atoms with Crippen molar-refractivity contribution in [3.05, 3.63) is 22.4 Å². The van der Waals surface area contributed by atoms with Gasteiger partial charge in [0.05, 0.1) is 4.88 Å². The number of hydrogen-bond donors (Lipinski definition) is 2. The highest BCUT2D eigenvalue weighted by atomic mass is 32.1. The lowest BCUT2D eigenvalue weighted by molar-refractivity contribution is 0.0934. The van der Waals surface area contributed by atoms with Crippen molar-refractivity contribution in [2.75, 3.05) is 13.1 Å². The Kier molecular flexibility index (Phi) is 4.78. The van der Waals surface area contributed by atoms with E-state index in [0.717, 1.165) is 0 Å². The van der Waals surface area contributed by atoms with Gasteiger partial charge in [0.1, 0.15) is 0 Å². The van der Waals surface area contributed by atoms with Gasteiger partial charge in [0, 0.05) is 13.1 Å². The van der Waals surface area contributed by atoms with Crippen LogP contribution in [-0.4, -0.2) is 29.9 Å². The first-order chi connectivity index (χ1) is 7.69. The first-order valence-corrected chi connectivity index (χ1v) is 5.95. The minimum atomic E-state index is -0.296. The molecule has 0 atom stereocenters. The molecule has 0 aliphatic heterocycles. The molecule has 0 aliphatic carbocycles. The smallest absolute Gasteiger partial charge is 0.324 e. The number of amides is 3. The van der Waals surface area contributed by atoms with Crippen molar-refractivity contribution in [3.8, 4) is 0 Å². The zero-order valence-corrected chi connectivity index (χ0v) is 10.1. The summed E-state index contributed by atoms with van der Waals surface area (Å²) < 4.78 is 0. The van der Waals surface area contributed by atoms with Crippen LogP contribution in [0.2, 0.25) is 0 Å². The Morgan fingerprint density at radius 3 is 2.50 bits per heavy atom. The van der Waals surface area contributed by atoms with Crippen molar-refractivity contribution in [1.29, 1.82) is 0 Å². The van der Waals surface area contributed by atoms with Crippen molar-refractivity contribution in [2.24, 2.45) is 0 Å².